The first-order valence-electron chi connectivity index (χ1n) is 9.15. The van der Waals surface area contributed by atoms with E-state index >= 15 is 0 Å². The van der Waals surface area contributed by atoms with Gasteiger partial charge in [0.1, 0.15) is 12.4 Å². The normalized spacial score (nSPS) is 13.9. The molecular formula is C21H22N4O2. The average Bonchev–Trinajstić information content (AvgIpc) is 3.00. The number of hydrogen-bond donors (Lipinski definition) is 0. The van der Waals surface area contributed by atoms with Gasteiger partial charge in [-0.2, -0.15) is 0 Å². The van der Waals surface area contributed by atoms with Crippen molar-refractivity contribution >= 4 is 5.91 Å². The van der Waals surface area contributed by atoms with Gasteiger partial charge in [-0.25, -0.2) is 4.98 Å². The van der Waals surface area contributed by atoms with Crippen LogP contribution in [0.5, 0.6) is 0 Å². The highest BCUT2D eigenvalue weighted by molar-refractivity contribution is 5.77. The minimum Gasteiger partial charge on any atom is -0.367 e. The number of carbonyl (C=O) groups excluding carboxylic acids is 1. The van der Waals surface area contributed by atoms with E-state index in [4.69, 9.17) is 4.74 Å². The molecule has 0 unspecified atom stereocenters. The molecule has 0 radical (unpaired) electrons. The monoisotopic (exact) mass is 362 g/mol. The van der Waals surface area contributed by atoms with Gasteiger partial charge in [0.25, 0.3) is 0 Å². The summed E-state index contributed by atoms with van der Waals surface area (Å²) in [5.41, 5.74) is 3.16. The molecule has 138 valence electrons. The van der Waals surface area contributed by atoms with E-state index in [1.165, 1.54) is 0 Å². The van der Waals surface area contributed by atoms with Crippen LogP contribution in [0, 0.1) is 0 Å². The Hall–Kier alpha value is -2.99. The van der Waals surface area contributed by atoms with Crippen molar-refractivity contribution < 1.29 is 9.53 Å². The van der Waals surface area contributed by atoms with Crippen molar-refractivity contribution in [2.75, 3.05) is 19.7 Å². The predicted molar refractivity (Wildman–Crippen MR) is 102 cm³/mol. The zero-order chi connectivity index (χ0) is 18.5. The Morgan fingerprint density at radius 3 is 2.74 bits per heavy atom. The highest BCUT2D eigenvalue weighted by Gasteiger charge is 2.21. The lowest BCUT2D eigenvalue weighted by atomic mass is 10.2. The van der Waals surface area contributed by atoms with Gasteiger partial charge in [0.2, 0.25) is 5.91 Å². The molecule has 3 heterocycles. The quantitative estimate of drug-likeness (QED) is 0.700. The second-order valence-electron chi connectivity index (χ2n) is 6.56. The Balaban J connectivity index is 1.36. The van der Waals surface area contributed by atoms with Crippen LogP contribution in [0.15, 0.2) is 61.1 Å². The number of rotatable bonds is 5. The maximum absolute atomic E-state index is 12.5. The lowest BCUT2D eigenvalue weighted by Gasteiger charge is -2.20. The van der Waals surface area contributed by atoms with Gasteiger partial charge in [-0.15, -0.1) is 0 Å². The molecule has 27 heavy (non-hydrogen) atoms. The molecule has 1 aliphatic heterocycles. The fraction of sp³-hybridized carbons (Fsp3) is 0.286. The minimum atomic E-state index is 0.0274. The summed E-state index contributed by atoms with van der Waals surface area (Å²) in [5.74, 6) is 1.04. The van der Waals surface area contributed by atoms with Gasteiger partial charge in [-0.05, 0) is 17.7 Å². The van der Waals surface area contributed by atoms with Crippen LogP contribution in [0.1, 0.15) is 11.4 Å². The second-order valence-corrected chi connectivity index (χ2v) is 6.56. The van der Waals surface area contributed by atoms with Gasteiger partial charge in [0, 0.05) is 44.0 Å². The molecule has 0 atom stereocenters. The van der Waals surface area contributed by atoms with E-state index in [0.717, 1.165) is 35.6 Å². The number of pyridine rings is 1. The summed E-state index contributed by atoms with van der Waals surface area (Å²) in [6.07, 6.45) is 6.24. The Labute approximate surface area is 158 Å². The zero-order valence-corrected chi connectivity index (χ0v) is 15.1. The second kappa shape index (κ2) is 8.14. The summed E-state index contributed by atoms with van der Waals surface area (Å²) < 4.78 is 7.79. The molecule has 0 aliphatic carbocycles. The summed E-state index contributed by atoms with van der Waals surface area (Å²) in [6, 6.07) is 13.8. The molecule has 1 aliphatic rings. The van der Waals surface area contributed by atoms with Crippen LogP contribution < -0.4 is 0 Å². The van der Waals surface area contributed by atoms with E-state index in [0.29, 0.717) is 19.7 Å². The molecule has 0 saturated heterocycles. The number of nitrogens with zero attached hydrogens (tertiary/aromatic N) is 4. The lowest BCUT2D eigenvalue weighted by molar-refractivity contribution is -0.136. The molecule has 0 N–H and O–H groups in total. The lowest BCUT2D eigenvalue weighted by Crippen LogP contribution is -2.36. The van der Waals surface area contributed by atoms with Crippen LogP contribution >= 0.6 is 0 Å². The predicted octanol–water partition coefficient (Wildman–Crippen LogP) is 2.55. The standard InChI is InChI=1S/C21H22N4O2/c26-21(16-27-15-17-5-2-1-3-6-17)24-10-8-20-23-14-19(25(20)12-11-24)18-7-4-9-22-13-18/h1-7,9,13-14H,8,10-12,15-16H2. The van der Waals surface area contributed by atoms with Crippen molar-refractivity contribution in [3.8, 4) is 11.3 Å². The number of aromatic nitrogens is 3. The van der Waals surface area contributed by atoms with Crippen LogP contribution in [0.2, 0.25) is 0 Å². The molecule has 1 aromatic carbocycles. The van der Waals surface area contributed by atoms with Crippen LogP contribution in [-0.2, 0) is 29.1 Å². The molecule has 6 heteroatoms. The van der Waals surface area contributed by atoms with E-state index < -0.39 is 0 Å². The van der Waals surface area contributed by atoms with E-state index in [2.05, 4.69) is 14.5 Å². The largest absolute Gasteiger partial charge is 0.367 e. The number of fused-ring (bicyclic) bond motifs is 1. The van der Waals surface area contributed by atoms with Gasteiger partial charge >= 0.3 is 0 Å². The third-order valence-electron chi connectivity index (χ3n) is 4.78. The van der Waals surface area contributed by atoms with Crippen molar-refractivity contribution in [3.05, 3.63) is 72.4 Å². The summed E-state index contributed by atoms with van der Waals surface area (Å²) in [4.78, 5) is 23.1. The summed E-state index contributed by atoms with van der Waals surface area (Å²) in [7, 11) is 0. The van der Waals surface area contributed by atoms with Gasteiger partial charge < -0.3 is 14.2 Å². The molecule has 0 spiro atoms. The first-order valence-corrected chi connectivity index (χ1v) is 9.15. The molecule has 0 bridgehead atoms. The van der Waals surface area contributed by atoms with Crippen molar-refractivity contribution in [2.24, 2.45) is 0 Å². The smallest absolute Gasteiger partial charge is 0.248 e. The third kappa shape index (κ3) is 4.06. The van der Waals surface area contributed by atoms with Crippen LogP contribution in [0.4, 0.5) is 0 Å². The SMILES string of the molecule is O=C(COCc1ccccc1)N1CCc2ncc(-c3cccnc3)n2CC1. The molecule has 3 aromatic rings. The summed E-state index contributed by atoms with van der Waals surface area (Å²) in [6.45, 7) is 2.60. The highest BCUT2D eigenvalue weighted by Crippen LogP contribution is 2.21. The maximum atomic E-state index is 12.5. The minimum absolute atomic E-state index is 0.0274. The number of carbonyl (C=O) groups is 1. The van der Waals surface area contributed by atoms with Gasteiger partial charge in [0.05, 0.1) is 18.5 Å². The number of benzene rings is 1. The third-order valence-corrected chi connectivity index (χ3v) is 4.78. The van der Waals surface area contributed by atoms with Gasteiger partial charge in [-0.1, -0.05) is 30.3 Å². The molecule has 2 aromatic heterocycles. The topological polar surface area (TPSA) is 60.2 Å². The van der Waals surface area contributed by atoms with Crippen molar-refractivity contribution in [1.29, 1.82) is 0 Å². The van der Waals surface area contributed by atoms with E-state index in [9.17, 15) is 4.79 Å². The van der Waals surface area contributed by atoms with Gasteiger partial charge in [-0.3, -0.25) is 9.78 Å². The highest BCUT2D eigenvalue weighted by atomic mass is 16.5. The van der Waals surface area contributed by atoms with Crippen molar-refractivity contribution in [3.63, 3.8) is 0 Å². The summed E-state index contributed by atoms with van der Waals surface area (Å²) in [5, 5.41) is 0. The number of imidazole rings is 1. The van der Waals surface area contributed by atoms with Gasteiger partial charge in [0.15, 0.2) is 0 Å². The van der Waals surface area contributed by atoms with Crippen LogP contribution in [0.25, 0.3) is 11.3 Å². The molecule has 0 fully saturated rings. The fourth-order valence-corrected chi connectivity index (χ4v) is 3.35. The average molecular weight is 362 g/mol. The summed E-state index contributed by atoms with van der Waals surface area (Å²) >= 11 is 0. The first kappa shape index (κ1) is 17.4. The number of hydrogen-bond acceptors (Lipinski definition) is 4. The fourth-order valence-electron chi connectivity index (χ4n) is 3.35. The first-order chi connectivity index (χ1) is 13.3. The van der Waals surface area contributed by atoms with E-state index in [1.54, 1.807) is 6.20 Å². The van der Waals surface area contributed by atoms with Crippen molar-refractivity contribution in [1.82, 2.24) is 19.4 Å². The molecule has 1 amide bonds. The van der Waals surface area contributed by atoms with Crippen LogP contribution in [-0.4, -0.2) is 45.0 Å². The molecular weight excluding hydrogens is 340 g/mol. The van der Waals surface area contributed by atoms with E-state index in [1.807, 2.05) is 59.8 Å². The number of ether oxygens (including phenoxy) is 1. The molecule has 4 rings (SSSR count). The Kier molecular flexibility index (Phi) is 5.25. The van der Waals surface area contributed by atoms with Crippen LogP contribution in [0.3, 0.4) is 0 Å². The maximum Gasteiger partial charge on any atom is 0.248 e. The van der Waals surface area contributed by atoms with Crippen molar-refractivity contribution in [2.45, 2.75) is 19.6 Å². The van der Waals surface area contributed by atoms with E-state index in [-0.39, 0.29) is 12.5 Å². The Morgan fingerprint density at radius 2 is 1.93 bits per heavy atom. The number of amides is 1. The Morgan fingerprint density at radius 1 is 1.04 bits per heavy atom. The zero-order valence-electron chi connectivity index (χ0n) is 15.1. The Bertz CT molecular complexity index is 893. The molecule has 0 saturated carbocycles. The molecule has 6 nitrogen and oxygen atoms in total.